The Morgan fingerprint density at radius 3 is 2.76 bits per heavy atom. The molecule has 1 fully saturated rings. The molecule has 1 saturated heterocycles. The molecule has 92 valence electrons. The Hall–Kier alpha value is -1.62. The third-order valence-electron chi connectivity index (χ3n) is 3.28. The predicted molar refractivity (Wildman–Crippen MR) is 65.5 cm³/mol. The standard InChI is InChI=1S/C12H17N3O2/c1-9-8-15(6-5-14(9)2)11-4-3-10(7-13-11)12(16)17/h3-4,7,9H,5-6,8H2,1-2H3,(H,16,17). The van der Waals surface area contributed by atoms with Gasteiger partial charge >= 0.3 is 5.97 Å². The fourth-order valence-corrected chi connectivity index (χ4v) is 1.96. The first kappa shape index (κ1) is 11.9. The molecule has 17 heavy (non-hydrogen) atoms. The Morgan fingerprint density at radius 1 is 1.47 bits per heavy atom. The van der Waals surface area contributed by atoms with Crippen molar-refractivity contribution in [3.63, 3.8) is 0 Å². The topological polar surface area (TPSA) is 56.7 Å². The maximum Gasteiger partial charge on any atom is 0.337 e. The monoisotopic (exact) mass is 235 g/mol. The van der Waals surface area contributed by atoms with Crippen LogP contribution in [0.4, 0.5) is 5.82 Å². The summed E-state index contributed by atoms with van der Waals surface area (Å²) < 4.78 is 0. The zero-order chi connectivity index (χ0) is 12.4. The normalized spacial score (nSPS) is 21.5. The number of anilines is 1. The zero-order valence-corrected chi connectivity index (χ0v) is 10.1. The third-order valence-corrected chi connectivity index (χ3v) is 3.28. The van der Waals surface area contributed by atoms with E-state index in [9.17, 15) is 4.79 Å². The van der Waals surface area contributed by atoms with Crippen LogP contribution in [0.25, 0.3) is 0 Å². The van der Waals surface area contributed by atoms with Crippen molar-refractivity contribution in [2.45, 2.75) is 13.0 Å². The van der Waals surface area contributed by atoms with Crippen LogP contribution in [0, 0.1) is 0 Å². The van der Waals surface area contributed by atoms with Gasteiger partial charge in [-0.25, -0.2) is 9.78 Å². The lowest BCUT2D eigenvalue weighted by Crippen LogP contribution is -2.50. The summed E-state index contributed by atoms with van der Waals surface area (Å²) in [4.78, 5) is 19.4. The molecule has 1 unspecified atom stereocenters. The lowest BCUT2D eigenvalue weighted by molar-refractivity contribution is 0.0696. The van der Waals surface area contributed by atoms with Gasteiger partial charge in [-0.15, -0.1) is 0 Å². The lowest BCUT2D eigenvalue weighted by atomic mass is 10.2. The molecule has 5 nitrogen and oxygen atoms in total. The van der Waals surface area contributed by atoms with E-state index in [-0.39, 0.29) is 5.56 Å². The fourth-order valence-electron chi connectivity index (χ4n) is 1.96. The molecule has 0 spiro atoms. The van der Waals surface area contributed by atoms with E-state index in [2.05, 4.69) is 28.8 Å². The van der Waals surface area contributed by atoms with Crippen molar-refractivity contribution in [1.29, 1.82) is 0 Å². The summed E-state index contributed by atoms with van der Waals surface area (Å²) in [5.74, 6) is -0.0780. The molecule has 0 saturated carbocycles. The van der Waals surface area contributed by atoms with Crippen LogP contribution in [0.15, 0.2) is 18.3 Å². The smallest absolute Gasteiger partial charge is 0.337 e. The van der Waals surface area contributed by atoms with Crippen LogP contribution < -0.4 is 4.90 Å². The molecule has 1 N–H and O–H groups in total. The minimum Gasteiger partial charge on any atom is -0.478 e. The summed E-state index contributed by atoms with van der Waals surface area (Å²) in [5.41, 5.74) is 0.232. The van der Waals surface area contributed by atoms with Crippen LogP contribution in [0.3, 0.4) is 0 Å². The molecule has 1 aromatic rings. The minimum absolute atomic E-state index is 0.232. The number of aromatic carboxylic acids is 1. The van der Waals surface area contributed by atoms with Crippen LogP contribution >= 0.6 is 0 Å². The Balaban J connectivity index is 2.10. The van der Waals surface area contributed by atoms with Crippen molar-refractivity contribution in [1.82, 2.24) is 9.88 Å². The van der Waals surface area contributed by atoms with E-state index in [1.165, 1.54) is 6.20 Å². The van der Waals surface area contributed by atoms with Crippen molar-refractivity contribution < 1.29 is 9.90 Å². The van der Waals surface area contributed by atoms with Gasteiger partial charge in [0.15, 0.2) is 0 Å². The first-order valence-electron chi connectivity index (χ1n) is 5.72. The summed E-state index contributed by atoms with van der Waals surface area (Å²) in [6, 6.07) is 3.87. The van der Waals surface area contributed by atoms with Crippen LogP contribution in [0.1, 0.15) is 17.3 Å². The summed E-state index contributed by atoms with van der Waals surface area (Å²) >= 11 is 0. The second kappa shape index (κ2) is 4.71. The maximum absolute atomic E-state index is 10.7. The Morgan fingerprint density at radius 2 is 2.24 bits per heavy atom. The molecule has 2 rings (SSSR count). The number of aromatic nitrogens is 1. The molecule has 0 radical (unpaired) electrons. The van der Waals surface area contributed by atoms with E-state index in [0.717, 1.165) is 25.5 Å². The predicted octanol–water partition coefficient (Wildman–Crippen LogP) is 0.920. The second-order valence-electron chi connectivity index (χ2n) is 4.49. The van der Waals surface area contributed by atoms with Gasteiger partial charge in [-0.1, -0.05) is 0 Å². The van der Waals surface area contributed by atoms with Gasteiger partial charge in [0.2, 0.25) is 0 Å². The Bertz CT molecular complexity index is 405. The molecule has 1 atom stereocenters. The lowest BCUT2D eigenvalue weighted by Gasteiger charge is -2.38. The van der Waals surface area contributed by atoms with E-state index in [1.54, 1.807) is 12.1 Å². The van der Waals surface area contributed by atoms with Gasteiger partial charge in [0, 0.05) is 31.9 Å². The molecule has 0 aromatic carbocycles. The molecular weight excluding hydrogens is 218 g/mol. The number of pyridine rings is 1. The minimum atomic E-state index is -0.934. The Kier molecular flexibility index (Phi) is 3.28. The van der Waals surface area contributed by atoms with Gasteiger partial charge in [0.1, 0.15) is 5.82 Å². The molecule has 5 heteroatoms. The second-order valence-corrected chi connectivity index (χ2v) is 4.49. The van der Waals surface area contributed by atoms with E-state index >= 15 is 0 Å². The van der Waals surface area contributed by atoms with Gasteiger partial charge in [0.05, 0.1) is 5.56 Å². The van der Waals surface area contributed by atoms with Crippen molar-refractivity contribution >= 4 is 11.8 Å². The highest BCUT2D eigenvalue weighted by molar-refractivity contribution is 5.87. The number of rotatable bonds is 2. The molecule has 1 aliphatic heterocycles. The highest BCUT2D eigenvalue weighted by Gasteiger charge is 2.21. The first-order valence-corrected chi connectivity index (χ1v) is 5.72. The van der Waals surface area contributed by atoms with Crippen LogP contribution in [-0.2, 0) is 0 Å². The SMILES string of the molecule is CC1CN(c2ccc(C(=O)O)cn2)CCN1C. The molecule has 2 heterocycles. The Labute approximate surface area is 101 Å². The zero-order valence-electron chi connectivity index (χ0n) is 10.1. The molecule has 0 amide bonds. The van der Waals surface area contributed by atoms with Crippen molar-refractivity contribution in [3.05, 3.63) is 23.9 Å². The largest absolute Gasteiger partial charge is 0.478 e. The highest BCUT2D eigenvalue weighted by atomic mass is 16.4. The fraction of sp³-hybridized carbons (Fsp3) is 0.500. The van der Waals surface area contributed by atoms with Gasteiger partial charge in [-0.3, -0.25) is 0 Å². The van der Waals surface area contributed by atoms with E-state index in [0.29, 0.717) is 6.04 Å². The first-order chi connectivity index (χ1) is 8.08. The quantitative estimate of drug-likeness (QED) is 0.826. The summed E-state index contributed by atoms with van der Waals surface area (Å²) in [7, 11) is 2.11. The van der Waals surface area contributed by atoms with Crippen molar-refractivity contribution in [2.24, 2.45) is 0 Å². The number of carboxylic acid groups (broad SMARTS) is 1. The molecule has 0 aliphatic carbocycles. The van der Waals surface area contributed by atoms with Gasteiger partial charge in [-0.05, 0) is 26.1 Å². The van der Waals surface area contributed by atoms with Gasteiger partial charge in [0.25, 0.3) is 0 Å². The van der Waals surface area contributed by atoms with Crippen LogP contribution in [-0.4, -0.2) is 53.7 Å². The average molecular weight is 235 g/mol. The number of piperazine rings is 1. The van der Waals surface area contributed by atoms with E-state index in [1.807, 2.05) is 0 Å². The number of carbonyl (C=O) groups is 1. The van der Waals surface area contributed by atoms with Gasteiger partial charge < -0.3 is 14.9 Å². The van der Waals surface area contributed by atoms with Crippen LogP contribution in [0.2, 0.25) is 0 Å². The highest BCUT2D eigenvalue weighted by Crippen LogP contribution is 2.16. The van der Waals surface area contributed by atoms with E-state index in [4.69, 9.17) is 5.11 Å². The molecular formula is C12H17N3O2. The van der Waals surface area contributed by atoms with Crippen molar-refractivity contribution in [2.75, 3.05) is 31.6 Å². The summed E-state index contributed by atoms with van der Waals surface area (Å²) in [6.45, 7) is 5.04. The number of hydrogen-bond donors (Lipinski definition) is 1. The number of carboxylic acids is 1. The molecule has 1 aliphatic rings. The molecule has 1 aromatic heterocycles. The number of nitrogens with zero attached hydrogens (tertiary/aromatic N) is 3. The summed E-state index contributed by atoms with van der Waals surface area (Å²) in [6.07, 6.45) is 1.42. The van der Waals surface area contributed by atoms with E-state index < -0.39 is 5.97 Å². The summed E-state index contributed by atoms with van der Waals surface area (Å²) in [5, 5.41) is 8.80. The third kappa shape index (κ3) is 2.55. The van der Waals surface area contributed by atoms with Gasteiger partial charge in [-0.2, -0.15) is 0 Å². The van der Waals surface area contributed by atoms with Crippen molar-refractivity contribution in [3.8, 4) is 0 Å². The molecule has 0 bridgehead atoms. The van der Waals surface area contributed by atoms with Crippen LogP contribution in [0.5, 0.6) is 0 Å². The maximum atomic E-state index is 10.7. The average Bonchev–Trinajstić information content (AvgIpc) is 2.33. The number of hydrogen-bond acceptors (Lipinski definition) is 4. The number of likely N-dealkylation sites (N-methyl/N-ethyl adjacent to an activating group) is 1.